The van der Waals surface area contributed by atoms with Gasteiger partial charge in [0, 0.05) is 26.1 Å². The average Bonchev–Trinajstić information content (AvgIpc) is 3.32. The maximum atomic E-state index is 12.4. The van der Waals surface area contributed by atoms with Gasteiger partial charge in [-0.15, -0.1) is 10.2 Å². The minimum absolute atomic E-state index is 0.0288. The van der Waals surface area contributed by atoms with Gasteiger partial charge in [-0.1, -0.05) is 17.8 Å². The van der Waals surface area contributed by atoms with Crippen molar-refractivity contribution in [2.45, 2.75) is 30.5 Å². The number of hydrogen-bond donors (Lipinski definition) is 1. The molecule has 28 heavy (non-hydrogen) atoms. The molecule has 8 nitrogen and oxygen atoms in total. The molecule has 1 amide bonds. The van der Waals surface area contributed by atoms with Gasteiger partial charge in [-0.2, -0.15) is 0 Å². The Hall–Kier alpha value is -2.26. The van der Waals surface area contributed by atoms with Crippen molar-refractivity contribution >= 4 is 17.7 Å². The molecule has 0 unspecified atom stereocenters. The van der Waals surface area contributed by atoms with Crippen LogP contribution in [0.1, 0.15) is 30.1 Å². The fourth-order valence-electron chi connectivity index (χ4n) is 3.78. The van der Waals surface area contributed by atoms with E-state index >= 15 is 0 Å². The lowest BCUT2D eigenvalue weighted by Crippen LogP contribution is -2.42. The number of carbonyl (C=O) groups is 1. The fourth-order valence-corrected chi connectivity index (χ4v) is 4.27. The van der Waals surface area contributed by atoms with Crippen molar-refractivity contribution in [1.29, 1.82) is 0 Å². The predicted octanol–water partition coefficient (Wildman–Crippen LogP) is 1.76. The molecule has 1 aromatic carbocycles. The molecule has 0 aliphatic carbocycles. The molecular formula is C19H25N5O3S. The lowest BCUT2D eigenvalue weighted by molar-refractivity contribution is -0.122. The van der Waals surface area contributed by atoms with Gasteiger partial charge < -0.3 is 19.4 Å². The summed E-state index contributed by atoms with van der Waals surface area (Å²) < 4.78 is 12.8. The monoisotopic (exact) mass is 403 g/mol. The van der Waals surface area contributed by atoms with E-state index < -0.39 is 0 Å². The van der Waals surface area contributed by atoms with Crippen LogP contribution in [0.5, 0.6) is 11.5 Å². The Balaban J connectivity index is 1.29. The van der Waals surface area contributed by atoms with Crippen LogP contribution in [0, 0.1) is 0 Å². The number of nitrogens with zero attached hydrogens (tertiary/aromatic N) is 4. The maximum absolute atomic E-state index is 12.4. The quantitative estimate of drug-likeness (QED) is 0.736. The van der Waals surface area contributed by atoms with Gasteiger partial charge in [0.2, 0.25) is 12.7 Å². The molecule has 1 atom stereocenters. The van der Waals surface area contributed by atoms with Gasteiger partial charge in [-0.3, -0.25) is 9.69 Å². The highest BCUT2D eigenvalue weighted by atomic mass is 32.2. The van der Waals surface area contributed by atoms with E-state index in [-0.39, 0.29) is 12.7 Å². The SMILES string of the molecule is CSc1nnc([C@@H]2CCCN(CC(=O)NCc3ccc4c(c3)OCO4)C2)n1C. The van der Waals surface area contributed by atoms with Crippen molar-refractivity contribution < 1.29 is 14.3 Å². The number of thioether (sulfide) groups is 1. The van der Waals surface area contributed by atoms with Crippen LogP contribution < -0.4 is 14.8 Å². The highest BCUT2D eigenvalue weighted by Gasteiger charge is 2.26. The number of benzene rings is 1. The molecule has 150 valence electrons. The molecule has 1 aromatic heterocycles. The third-order valence-electron chi connectivity index (χ3n) is 5.22. The number of likely N-dealkylation sites (tertiary alicyclic amines) is 1. The van der Waals surface area contributed by atoms with Crippen molar-refractivity contribution in [2.24, 2.45) is 7.05 Å². The van der Waals surface area contributed by atoms with E-state index in [1.165, 1.54) is 0 Å². The molecule has 1 N–H and O–H groups in total. The van der Waals surface area contributed by atoms with Crippen molar-refractivity contribution in [3.05, 3.63) is 29.6 Å². The van der Waals surface area contributed by atoms with E-state index in [9.17, 15) is 4.79 Å². The van der Waals surface area contributed by atoms with Crippen LogP contribution in [0.25, 0.3) is 0 Å². The summed E-state index contributed by atoms with van der Waals surface area (Å²) in [5.74, 6) is 2.84. The van der Waals surface area contributed by atoms with Crippen LogP contribution in [-0.4, -0.2) is 58.3 Å². The summed E-state index contributed by atoms with van der Waals surface area (Å²) in [6.45, 7) is 2.89. The number of amides is 1. The smallest absolute Gasteiger partial charge is 0.234 e. The van der Waals surface area contributed by atoms with Crippen molar-refractivity contribution in [3.63, 3.8) is 0 Å². The average molecular weight is 404 g/mol. The number of hydrogen-bond acceptors (Lipinski definition) is 7. The number of rotatable bonds is 6. The summed E-state index contributed by atoms with van der Waals surface area (Å²) in [5, 5.41) is 12.5. The highest BCUT2D eigenvalue weighted by molar-refractivity contribution is 7.98. The Bertz CT molecular complexity index is 856. The first kappa shape index (κ1) is 19.1. The maximum Gasteiger partial charge on any atom is 0.234 e. The van der Waals surface area contributed by atoms with Gasteiger partial charge in [-0.25, -0.2) is 0 Å². The van der Waals surface area contributed by atoms with Gasteiger partial charge in [-0.05, 0) is 43.3 Å². The van der Waals surface area contributed by atoms with Crippen molar-refractivity contribution in [2.75, 3.05) is 32.7 Å². The Morgan fingerprint density at radius 1 is 1.32 bits per heavy atom. The van der Waals surface area contributed by atoms with Gasteiger partial charge in [0.05, 0.1) is 6.54 Å². The fraction of sp³-hybridized carbons (Fsp3) is 0.526. The lowest BCUT2D eigenvalue weighted by Gasteiger charge is -2.31. The van der Waals surface area contributed by atoms with Crippen LogP contribution in [0.2, 0.25) is 0 Å². The predicted molar refractivity (Wildman–Crippen MR) is 106 cm³/mol. The first-order valence-corrected chi connectivity index (χ1v) is 10.7. The molecule has 1 saturated heterocycles. The van der Waals surface area contributed by atoms with Crippen LogP contribution in [0.3, 0.4) is 0 Å². The Morgan fingerprint density at radius 2 is 2.18 bits per heavy atom. The van der Waals surface area contributed by atoms with Crippen LogP contribution in [0.15, 0.2) is 23.4 Å². The lowest BCUT2D eigenvalue weighted by atomic mass is 9.97. The summed E-state index contributed by atoms with van der Waals surface area (Å²) in [7, 11) is 2.01. The normalized spacial score (nSPS) is 19.0. The second-order valence-corrected chi connectivity index (χ2v) is 7.92. The third kappa shape index (κ3) is 4.10. The van der Waals surface area contributed by atoms with Gasteiger partial charge >= 0.3 is 0 Å². The van der Waals surface area contributed by atoms with E-state index in [0.717, 1.165) is 54.0 Å². The molecule has 3 heterocycles. The Kier molecular flexibility index (Phi) is 5.72. The second kappa shape index (κ2) is 8.40. The van der Waals surface area contributed by atoms with Gasteiger partial charge in [0.25, 0.3) is 0 Å². The molecule has 1 fully saturated rings. The molecule has 0 bridgehead atoms. The summed E-state index contributed by atoms with van der Waals surface area (Å²) in [6, 6.07) is 5.74. The molecule has 0 saturated carbocycles. The number of carbonyl (C=O) groups excluding carboxylic acids is 1. The Morgan fingerprint density at radius 3 is 3.00 bits per heavy atom. The second-order valence-electron chi connectivity index (χ2n) is 7.14. The van der Waals surface area contributed by atoms with Crippen molar-refractivity contribution in [1.82, 2.24) is 25.0 Å². The van der Waals surface area contributed by atoms with Crippen LogP contribution in [-0.2, 0) is 18.4 Å². The third-order valence-corrected chi connectivity index (χ3v) is 5.94. The summed E-state index contributed by atoms with van der Waals surface area (Å²) in [6.07, 6.45) is 4.14. The minimum atomic E-state index is 0.0288. The molecule has 0 radical (unpaired) electrons. The zero-order chi connectivity index (χ0) is 19.5. The summed E-state index contributed by atoms with van der Waals surface area (Å²) >= 11 is 1.60. The molecule has 0 spiro atoms. The first-order chi connectivity index (χ1) is 13.6. The number of ether oxygens (including phenoxy) is 2. The number of nitrogens with one attached hydrogen (secondary N) is 1. The minimum Gasteiger partial charge on any atom is -0.454 e. The van der Waals surface area contributed by atoms with Gasteiger partial charge in [0.1, 0.15) is 5.82 Å². The highest BCUT2D eigenvalue weighted by Crippen LogP contribution is 2.32. The largest absolute Gasteiger partial charge is 0.454 e. The zero-order valence-corrected chi connectivity index (χ0v) is 17.0. The van der Waals surface area contributed by atoms with E-state index in [0.29, 0.717) is 19.0 Å². The van der Waals surface area contributed by atoms with Crippen LogP contribution in [0.4, 0.5) is 0 Å². The molecule has 4 rings (SSSR count). The standard InChI is InChI=1S/C19H25N5O3S/c1-23-18(21-22-19(23)28-2)14-4-3-7-24(10-14)11-17(25)20-9-13-5-6-15-16(8-13)27-12-26-15/h5-6,8,14H,3-4,7,9-12H2,1-2H3,(H,20,25)/t14-/m1/s1. The summed E-state index contributed by atoms with van der Waals surface area (Å²) in [4.78, 5) is 14.6. The van der Waals surface area contributed by atoms with Gasteiger partial charge in [0.15, 0.2) is 16.7 Å². The Labute approximate surface area is 168 Å². The molecule has 2 aromatic rings. The molecule has 2 aliphatic rings. The summed E-state index contributed by atoms with van der Waals surface area (Å²) in [5.41, 5.74) is 0.998. The van der Waals surface area contributed by atoms with E-state index in [2.05, 4.69) is 25.0 Å². The molecular weight excluding hydrogens is 378 g/mol. The van der Waals surface area contributed by atoms with E-state index in [1.54, 1.807) is 11.8 Å². The number of fused-ring (bicyclic) bond motifs is 1. The van der Waals surface area contributed by atoms with E-state index in [1.807, 2.05) is 31.5 Å². The molecule has 9 heteroatoms. The van der Waals surface area contributed by atoms with E-state index in [4.69, 9.17) is 9.47 Å². The topological polar surface area (TPSA) is 81.5 Å². The van der Waals surface area contributed by atoms with Crippen LogP contribution >= 0.6 is 11.8 Å². The number of aromatic nitrogens is 3. The first-order valence-electron chi connectivity index (χ1n) is 9.45. The number of piperidine rings is 1. The van der Waals surface area contributed by atoms with Crippen molar-refractivity contribution in [3.8, 4) is 11.5 Å². The molecule has 2 aliphatic heterocycles. The zero-order valence-electron chi connectivity index (χ0n) is 16.2.